The number of nitrogens with one attached hydrogen (secondary N) is 1. The number of carbonyl (C=O) groups is 1. The normalized spacial score (nSPS) is 11.8. The molecule has 2 aromatic rings. The van der Waals surface area contributed by atoms with Gasteiger partial charge in [-0.15, -0.1) is 0 Å². The van der Waals surface area contributed by atoms with E-state index in [1.165, 1.54) is 18.2 Å². The molecule has 1 N–H and O–H groups in total. The molecule has 0 saturated carbocycles. The molecule has 0 aromatic heterocycles. The molecule has 2 aromatic carbocycles. The molecule has 0 radical (unpaired) electrons. The molecule has 0 spiro atoms. The number of ether oxygens (including phenoxy) is 1. The standard InChI is InChI=1S/C18H19ClN2O4/c1-13(14-6-3-2-4-7-14)25-11-5-10-20-18(22)16-9-8-15(19)12-17(16)21(23)24/h2-4,6-9,12-13H,5,10-11H2,1H3,(H,20,22)/t13-/m0/s1. The SMILES string of the molecule is C[C@H](OCCCNC(=O)c1ccc(Cl)cc1[N+](=O)[O-])c1ccccc1. The van der Waals surface area contributed by atoms with Crippen LogP contribution in [-0.2, 0) is 4.74 Å². The van der Waals surface area contributed by atoms with Gasteiger partial charge in [-0.25, -0.2) is 0 Å². The van der Waals surface area contributed by atoms with Crippen molar-refractivity contribution in [2.45, 2.75) is 19.4 Å². The minimum absolute atomic E-state index is 0.00651. The van der Waals surface area contributed by atoms with E-state index in [1.807, 2.05) is 37.3 Å². The van der Waals surface area contributed by atoms with Crippen LogP contribution in [0.4, 0.5) is 5.69 Å². The number of hydrogen-bond donors (Lipinski definition) is 1. The number of nitro benzene ring substituents is 1. The lowest BCUT2D eigenvalue weighted by Crippen LogP contribution is -2.26. The largest absolute Gasteiger partial charge is 0.374 e. The molecule has 0 bridgehead atoms. The molecule has 0 aliphatic carbocycles. The predicted octanol–water partition coefficient (Wildman–Crippen LogP) is 4.15. The zero-order valence-electron chi connectivity index (χ0n) is 13.8. The lowest BCUT2D eigenvalue weighted by Gasteiger charge is -2.13. The molecule has 0 saturated heterocycles. The fourth-order valence-electron chi connectivity index (χ4n) is 2.30. The van der Waals surface area contributed by atoms with E-state index in [2.05, 4.69) is 5.32 Å². The number of amides is 1. The Hall–Kier alpha value is -2.44. The first kappa shape index (κ1) is 18.9. The van der Waals surface area contributed by atoms with E-state index >= 15 is 0 Å². The Labute approximate surface area is 150 Å². The summed E-state index contributed by atoms with van der Waals surface area (Å²) in [6.07, 6.45) is 0.568. The number of carbonyl (C=O) groups excluding carboxylic acids is 1. The molecule has 1 amide bonds. The number of benzene rings is 2. The second-order valence-electron chi connectivity index (χ2n) is 5.45. The van der Waals surface area contributed by atoms with Crippen molar-refractivity contribution in [2.24, 2.45) is 0 Å². The second kappa shape index (κ2) is 9.15. The Balaban J connectivity index is 1.79. The minimum Gasteiger partial charge on any atom is -0.374 e. The molecule has 0 heterocycles. The third-order valence-electron chi connectivity index (χ3n) is 3.64. The first-order valence-corrected chi connectivity index (χ1v) is 8.25. The molecule has 0 aliphatic heterocycles. The van der Waals surface area contributed by atoms with Gasteiger partial charge in [-0.3, -0.25) is 14.9 Å². The number of halogens is 1. The van der Waals surface area contributed by atoms with Gasteiger partial charge in [0, 0.05) is 24.2 Å². The van der Waals surface area contributed by atoms with Crippen molar-refractivity contribution in [1.29, 1.82) is 0 Å². The summed E-state index contributed by atoms with van der Waals surface area (Å²) in [6, 6.07) is 13.8. The van der Waals surface area contributed by atoms with Crippen LogP contribution in [0.15, 0.2) is 48.5 Å². The fraction of sp³-hybridized carbons (Fsp3) is 0.278. The van der Waals surface area contributed by atoms with Gasteiger partial charge in [-0.2, -0.15) is 0 Å². The van der Waals surface area contributed by atoms with Gasteiger partial charge in [-0.1, -0.05) is 41.9 Å². The van der Waals surface area contributed by atoms with Gasteiger partial charge in [0.2, 0.25) is 0 Å². The van der Waals surface area contributed by atoms with Crippen LogP contribution in [0.5, 0.6) is 0 Å². The van der Waals surface area contributed by atoms with E-state index < -0.39 is 10.8 Å². The molecule has 0 fully saturated rings. The van der Waals surface area contributed by atoms with Crippen molar-refractivity contribution >= 4 is 23.2 Å². The highest BCUT2D eigenvalue weighted by Gasteiger charge is 2.20. The summed E-state index contributed by atoms with van der Waals surface area (Å²) in [5.41, 5.74) is 0.773. The van der Waals surface area contributed by atoms with Crippen molar-refractivity contribution in [3.05, 3.63) is 74.8 Å². The molecule has 7 heteroatoms. The minimum atomic E-state index is -0.620. The molecule has 0 unspecified atom stereocenters. The summed E-state index contributed by atoms with van der Waals surface area (Å²) in [4.78, 5) is 22.5. The number of hydrogen-bond acceptors (Lipinski definition) is 4. The lowest BCUT2D eigenvalue weighted by molar-refractivity contribution is -0.385. The van der Waals surface area contributed by atoms with Gasteiger partial charge in [0.15, 0.2) is 0 Å². The summed E-state index contributed by atoms with van der Waals surface area (Å²) in [5, 5.41) is 13.9. The van der Waals surface area contributed by atoms with Crippen molar-refractivity contribution in [3.8, 4) is 0 Å². The van der Waals surface area contributed by atoms with Crippen LogP contribution in [-0.4, -0.2) is 24.0 Å². The summed E-state index contributed by atoms with van der Waals surface area (Å²) >= 11 is 5.74. The first-order valence-electron chi connectivity index (χ1n) is 7.87. The van der Waals surface area contributed by atoms with Gasteiger partial charge in [-0.05, 0) is 31.0 Å². The number of rotatable bonds is 8. The third kappa shape index (κ3) is 5.55. The number of nitro groups is 1. The van der Waals surface area contributed by atoms with Crippen molar-refractivity contribution < 1.29 is 14.5 Å². The topological polar surface area (TPSA) is 81.5 Å². The van der Waals surface area contributed by atoms with Gasteiger partial charge in [0.05, 0.1) is 11.0 Å². The van der Waals surface area contributed by atoms with Crippen molar-refractivity contribution in [3.63, 3.8) is 0 Å². The highest BCUT2D eigenvalue weighted by atomic mass is 35.5. The van der Waals surface area contributed by atoms with Crippen LogP contribution in [0.25, 0.3) is 0 Å². The maximum absolute atomic E-state index is 12.1. The Morgan fingerprint density at radius 2 is 2.00 bits per heavy atom. The zero-order valence-corrected chi connectivity index (χ0v) is 14.5. The molecule has 2 rings (SSSR count). The summed E-state index contributed by atoms with van der Waals surface area (Å²) in [7, 11) is 0. The number of nitrogens with zero attached hydrogens (tertiary/aromatic N) is 1. The molecular weight excluding hydrogens is 344 g/mol. The second-order valence-corrected chi connectivity index (χ2v) is 5.89. The maximum atomic E-state index is 12.1. The lowest BCUT2D eigenvalue weighted by atomic mass is 10.1. The van der Waals surface area contributed by atoms with Crippen LogP contribution in [0.1, 0.15) is 35.4 Å². The van der Waals surface area contributed by atoms with Crippen LogP contribution in [0.2, 0.25) is 5.02 Å². The monoisotopic (exact) mass is 362 g/mol. The quantitative estimate of drug-likeness (QED) is 0.434. The summed E-state index contributed by atoms with van der Waals surface area (Å²) < 4.78 is 5.72. The van der Waals surface area contributed by atoms with Crippen molar-refractivity contribution in [2.75, 3.05) is 13.2 Å². The van der Waals surface area contributed by atoms with E-state index in [9.17, 15) is 14.9 Å². The van der Waals surface area contributed by atoms with Crippen LogP contribution in [0.3, 0.4) is 0 Å². The first-order chi connectivity index (χ1) is 12.0. The Bertz CT molecular complexity index is 737. The maximum Gasteiger partial charge on any atom is 0.283 e. The molecule has 1 atom stereocenters. The summed E-state index contributed by atoms with van der Waals surface area (Å²) in [5.74, 6) is -0.500. The Kier molecular flexibility index (Phi) is 6.91. The van der Waals surface area contributed by atoms with Crippen molar-refractivity contribution in [1.82, 2.24) is 5.32 Å². The van der Waals surface area contributed by atoms with E-state index in [1.54, 1.807) is 0 Å². The predicted molar refractivity (Wildman–Crippen MR) is 95.9 cm³/mol. The smallest absolute Gasteiger partial charge is 0.283 e. The van der Waals surface area contributed by atoms with Gasteiger partial charge >= 0.3 is 0 Å². The van der Waals surface area contributed by atoms with E-state index in [0.717, 1.165) is 5.56 Å². The highest BCUT2D eigenvalue weighted by molar-refractivity contribution is 6.31. The van der Waals surface area contributed by atoms with E-state index in [-0.39, 0.29) is 22.4 Å². The molecule has 0 aliphatic rings. The average molecular weight is 363 g/mol. The third-order valence-corrected chi connectivity index (χ3v) is 3.88. The zero-order chi connectivity index (χ0) is 18.2. The van der Waals surface area contributed by atoms with Gasteiger partial charge in [0.1, 0.15) is 5.56 Å². The molecule has 6 nitrogen and oxygen atoms in total. The van der Waals surface area contributed by atoms with E-state index in [0.29, 0.717) is 19.6 Å². The fourth-order valence-corrected chi connectivity index (χ4v) is 2.46. The molecule has 25 heavy (non-hydrogen) atoms. The summed E-state index contributed by atoms with van der Waals surface area (Å²) in [6.45, 7) is 2.80. The average Bonchev–Trinajstić information content (AvgIpc) is 2.61. The van der Waals surface area contributed by atoms with Gasteiger partial charge < -0.3 is 10.1 Å². The molecular formula is C18H19ClN2O4. The molecule has 132 valence electrons. The van der Waals surface area contributed by atoms with Crippen LogP contribution >= 0.6 is 11.6 Å². The van der Waals surface area contributed by atoms with Gasteiger partial charge in [0.25, 0.3) is 11.6 Å². The Morgan fingerprint density at radius 1 is 1.28 bits per heavy atom. The highest BCUT2D eigenvalue weighted by Crippen LogP contribution is 2.23. The van der Waals surface area contributed by atoms with E-state index in [4.69, 9.17) is 16.3 Å². The van der Waals surface area contributed by atoms with Crippen LogP contribution in [0, 0.1) is 10.1 Å². The van der Waals surface area contributed by atoms with Crippen LogP contribution < -0.4 is 5.32 Å². The Morgan fingerprint density at radius 3 is 2.68 bits per heavy atom.